The molecule has 0 atom stereocenters. The Morgan fingerprint density at radius 3 is 2.67 bits per heavy atom. The van der Waals surface area contributed by atoms with Gasteiger partial charge in [0, 0.05) is 5.69 Å². The van der Waals surface area contributed by atoms with Gasteiger partial charge in [-0.05, 0) is 38.8 Å². The van der Waals surface area contributed by atoms with Crippen LogP contribution in [0.2, 0.25) is 0 Å². The summed E-state index contributed by atoms with van der Waals surface area (Å²) in [5.74, 6) is -0.254. The lowest BCUT2D eigenvalue weighted by atomic mass is 10.1. The van der Waals surface area contributed by atoms with E-state index in [4.69, 9.17) is 4.74 Å². The van der Waals surface area contributed by atoms with Crippen LogP contribution in [0.15, 0.2) is 36.9 Å². The summed E-state index contributed by atoms with van der Waals surface area (Å²) >= 11 is 0. The van der Waals surface area contributed by atoms with Gasteiger partial charge in [-0.15, -0.1) is 6.58 Å². The molecule has 1 rings (SSSR count). The number of anilines is 1. The fraction of sp³-hybridized carbons (Fsp3) is 0.400. The van der Waals surface area contributed by atoms with Gasteiger partial charge in [0.2, 0.25) is 0 Å². The van der Waals surface area contributed by atoms with Crippen LogP contribution < -0.4 is 5.32 Å². The lowest BCUT2D eigenvalue weighted by Crippen LogP contribution is -2.28. The summed E-state index contributed by atoms with van der Waals surface area (Å²) in [5, 5.41) is 3.10. The molecule has 0 amide bonds. The molecule has 3 nitrogen and oxygen atoms in total. The minimum absolute atomic E-state index is 0.172. The van der Waals surface area contributed by atoms with Crippen LogP contribution in [0.1, 0.15) is 26.3 Å². The molecule has 98 valence electrons. The van der Waals surface area contributed by atoms with Crippen molar-refractivity contribution in [2.45, 2.75) is 32.8 Å². The molecule has 0 saturated heterocycles. The second-order valence-corrected chi connectivity index (χ2v) is 5.09. The highest BCUT2D eigenvalue weighted by Gasteiger charge is 2.15. The standard InChI is InChI=1S/C15H21NO2/c1-5-8-12-9-6-7-10-13(12)16-11-14(17)18-15(2,3)4/h5-7,9-10,16H,1,8,11H2,2-4H3. The molecule has 18 heavy (non-hydrogen) atoms. The van der Waals surface area contributed by atoms with Gasteiger partial charge in [-0.3, -0.25) is 4.79 Å². The summed E-state index contributed by atoms with van der Waals surface area (Å²) in [7, 11) is 0. The van der Waals surface area contributed by atoms with E-state index in [1.807, 2.05) is 51.1 Å². The number of esters is 1. The number of para-hydroxylation sites is 1. The van der Waals surface area contributed by atoms with Gasteiger partial charge in [-0.2, -0.15) is 0 Å². The lowest BCUT2D eigenvalue weighted by molar-refractivity contribution is -0.152. The second-order valence-electron chi connectivity index (χ2n) is 5.09. The van der Waals surface area contributed by atoms with E-state index in [9.17, 15) is 4.79 Å². The first kappa shape index (κ1) is 14.3. The van der Waals surface area contributed by atoms with Crippen molar-refractivity contribution in [3.05, 3.63) is 42.5 Å². The Bertz CT molecular complexity index is 419. The van der Waals surface area contributed by atoms with Gasteiger partial charge in [-0.1, -0.05) is 24.3 Å². The summed E-state index contributed by atoms with van der Waals surface area (Å²) in [6.45, 7) is 9.47. The van der Waals surface area contributed by atoms with Gasteiger partial charge in [0.05, 0.1) is 0 Å². The third-order valence-corrected chi connectivity index (χ3v) is 2.22. The molecule has 0 fully saturated rings. The quantitative estimate of drug-likeness (QED) is 0.641. The minimum Gasteiger partial charge on any atom is -0.459 e. The fourth-order valence-electron chi connectivity index (χ4n) is 1.57. The molecule has 0 aliphatic carbocycles. The number of carbonyl (C=O) groups is 1. The highest BCUT2D eigenvalue weighted by Crippen LogP contribution is 2.16. The predicted molar refractivity (Wildman–Crippen MR) is 74.7 cm³/mol. The molecule has 1 aromatic rings. The maximum atomic E-state index is 11.6. The molecule has 0 aromatic heterocycles. The Morgan fingerprint density at radius 1 is 1.39 bits per heavy atom. The molecule has 0 bridgehead atoms. The number of allylic oxidation sites excluding steroid dienone is 1. The zero-order chi connectivity index (χ0) is 13.6. The van der Waals surface area contributed by atoms with Crippen molar-refractivity contribution in [2.75, 3.05) is 11.9 Å². The van der Waals surface area contributed by atoms with Crippen LogP contribution in [0, 0.1) is 0 Å². The summed E-state index contributed by atoms with van der Waals surface area (Å²) in [6.07, 6.45) is 2.62. The number of ether oxygens (including phenoxy) is 1. The molecule has 1 aromatic carbocycles. The first-order chi connectivity index (χ1) is 8.42. The van der Waals surface area contributed by atoms with Crippen LogP contribution in [0.3, 0.4) is 0 Å². The molecule has 3 heteroatoms. The number of rotatable bonds is 5. The van der Waals surface area contributed by atoms with Gasteiger partial charge in [0.1, 0.15) is 12.1 Å². The SMILES string of the molecule is C=CCc1ccccc1NCC(=O)OC(C)(C)C. The van der Waals surface area contributed by atoms with Crippen LogP contribution in [-0.2, 0) is 16.0 Å². The van der Waals surface area contributed by atoms with E-state index < -0.39 is 5.60 Å². The Labute approximate surface area is 109 Å². The van der Waals surface area contributed by atoms with Crippen molar-refractivity contribution in [3.63, 3.8) is 0 Å². The molecule has 0 aliphatic heterocycles. The van der Waals surface area contributed by atoms with Crippen LogP contribution in [0.25, 0.3) is 0 Å². The van der Waals surface area contributed by atoms with Crippen LogP contribution in [0.4, 0.5) is 5.69 Å². The van der Waals surface area contributed by atoms with E-state index in [-0.39, 0.29) is 12.5 Å². The minimum atomic E-state index is -0.445. The topological polar surface area (TPSA) is 38.3 Å². The highest BCUT2D eigenvalue weighted by molar-refractivity contribution is 5.75. The molecule has 0 saturated carbocycles. The van der Waals surface area contributed by atoms with Crippen molar-refractivity contribution >= 4 is 11.7 Å². The number of hydrogen-bond acceptors (Lipinski definition) is 3. The predicted octanol–water partition coefficient (Wildman–Crippen LogP) is 3.17. The Kier molecular flexibility index (Phi) is 4.95. The average molecular weight is 247 g/mol. The maximum absolute atomic E-state index is 11.6. The largest absolute Gasteiger partial charge is 0.459 e. The van der Waals surface area contributed by atoms with Crippen molar-refractivity contribution in [3.8, 4) is 0 Å². The molecule has 0 unspecified atom stereocenters. The molecular formula is C15H21NO2. The van der Waals surface area contributed by atoms with Crippen molar-refractivity contribution in [1.82, 2.24) is 0 Å². The smallest absolute Gasteiger partial charge is 0.325 e. The Hall–Kier alpha value is -1.77. The molecule has 1 N–H and O–H groups in total. The summed E-state index contributed by atoms with van der Waals surface area (Å²) in [4.78, 5) is 11.6. The zero-order valence-electron chi connectivity index (χ0n) is 11.3. The molecule has 0 spiro atoms. The molecular weight excluding hydrogens is 226 g/mol. The first-order valence-corrected chi connectivity index (χ1v) is 6.07. The first-order valence-electron chi connectivity index (χ1n) is 6.07. The van der Waals surface area contributed by atoms with E-state index >= 15 is 0 Å². The Balaban J connectivity index is 2.58. The highest BCUT2D eigenvalue weighted by atomic mass is 16.6. The number of benzene rings is 1. The van der Waals surface area contributed by atoms with Gasteiger partial charge >= 0.3 is 5.97 Å². The van der Waals surface area contributed by atoms with Crippen LogP contribution in [0.5, 0.6) is 0 Å². The van der Waals surface area contributed by atoms with E-state index in [1.165, 1.54) is 0 Å². The molecule has 0 heterocycles. The third kappa shape index (κ3) is 5.04. The monoisotopic (exact) mass is 247 g/mol. The van der Waals surface area contributed by atoms with Crippen molar-refractivity contribution in [2.24, 2.45) is 0 Å². The van der Waals surface area contributed by atoms with Gasteiger partial charge in [0.15, 0.2) is 0 Å². The zero-order valence-corrected chi connectivity index (χ0v) is 11.3. The normalized spacial score (nSPS) is 10.8. The molecule has 0 radical (unpaired) electrons. The second kappa shape index (κ2) is 6.24. The Morgan fingerprint density at radius 2 is 2.06 bits per heavy atom. The van der Waals surface area contributed by atoms with Crippen molar-refractivity contribution < 1.29 is 9.53 Å². The number of hydrogen-bond donors (Lipinski definition) is 1. The van der Waals surface area contributed by atoms with E-state index in [1.54, 1.807) is 0 Å². The van der Waals surface area contributed by atoms with Crippen LogP contribution in [-0.4, -0.2) is 18.1 Å². The number of nitrogens with one attached hydrogen (secondary N) is 1. The van der Waals surface area contributed by atoms with Crippen LogP contribution >= 0.6 is 0 Å². The average Bonchev–Trinajstić information content (AvgIpc) is 2.26. The number of carbonyl (C=O) groups excluding carboxylic acids is 1. The summed E-state index contributed by atoms with van der Waals surface area (Å²) in [5.41, 5.74) is 1.62. The van der Waals surface area contributed by atoms with E-state index in [0.717, 1.165) is 17.7 Å². The summed E-state index contributed by atoms with van der Waals surface area (Å²) < 4.78 is 5.24. The summed E-state index contributed by atoms with van der Waals surface area (Å²) in [6, 6.07) is 7.86. The maximum Gasteiger partial charge on any atom is 0.325 e. The fourth-order valence-corrected chi connectivity index (χ4v) is 1.57. The third-order valence-electron chi connectivity index (χ3n) is 2.22. The van der Waals surface area contributed by atoms with Crippen molar-refractivity contribution in [1.29, 1.82) is 0 Å². The van der Waals surface area contributed by atoms with Gasteiger partial charge < -0.3 is 10.1 Å². The van der Waals surface area contributed by atoms with E-state index in [0.29, 0.717) is 0 Å². The molecule has 0 aliphatic rings. The van der Waals surface area contributed by atoms with E-state index in [2.05, 4.69) is 11.9 Å². The van der Waals surface area contributed by atoms with Gasteiger partial charge in [0.25, 0.3) is 0 Å². The van der Waals surface area contributed by atoms with Gasteiger partial charge in [-0.25, -0.2) is 0 Å². The lowest BCUT2D eigenvalue weighted by Gasteiger charge is -2.20.